The first kappa shape index (κ1) is 42.7. The first-order valence-corrected chi connectivity index (χ1v) is 20.5. The summed E-state index contributed by atoms with van der Waals surface area (Å²) in [7, 11) is 0. The lowest BCUT2D eigenvalue weighted by Crippen LogP contribution is -2.49. The molecule has 0 spiro atoms. The molecule has 2 aliphatic heterocycles. The maximum absolute atomic E-state index is 13.2. The Morgan fingerprint density at radius 3 is 1.44 bits per heavy atom. The fourth-order valence-electron chi connectivity index (χ4n) is 7.32. The number of carbonyl (C=O) groups is 3. The first-order valence-electron chi connectivity index (χ1n) is 19.7. The van der Waals surface area contributed by atoms with Crippen molar-refractivity contribution in [2.45, 2.75) is 34.6 Å². The molecule has 0 bridgehead atoms. The van der Waals surface area contributed by atoms with Crippen molar-refractivity contribution in [3.8, 4) is 11.4 Å². The number of halogens is 2. The number of rotatable bonds is 6. The SMILES string of the molecule is CC=O.Cc1cc(C(=O)N2CCN(c3ccc(Cl)c(Cl)c3)CC2)n(-c2ccccc2)n1.Cc1ccc(N2CCN(C(=O)c3cc(C)nn3-c3ccccc3)CC2)c(C)c1. The average molecular weight is 834 g/mol. The third-order valence-electron chi connectivity index (χ3n) is 10.2. The standard InChI is InChI=1S/C23H26N4O.C21H20Cl2N4O.C2H4O/c1-17-9-10-21(18(2)15-17)25-11-13-26(14-12-25)23(28)22-16-19(3)24-27(22)20-7-5-4-6-8-20;1-15-13-20(27(24-15)16-5-3-2-4-6-16)21(28)26-11-9-25(10-12-26)17-7-8-18(22)19(23)14-17;1-2-3/h4-10,15-16H,11-14H2,1-3H3;2-8,13-14H,9-12H2,1H3;2H,1H3. The Morgan fingerprint density at radius 1 is 0.542 bits per heavy atom. The van der Waals surface area contributed by atoms with Crippen LogP contribution in [0.15, 0.2) is 109 Å². The monoisotopic (exact) mass is 832 g/mol. The van der Waals surface area contributed by atoms with Crippen molar-refractivity contribution in [3.05, 3.63) is 153 Å². The molecule has 8 rings (SSSR count). The van der Waals surface area contributed by atoms with Gasteiger partial charge in [-0.1, -0.05) is 77.3 Å². The number of nitrogens with zero attached hydrogens (tertiary/aromatic N) is 8. The van der Waals surface area contributed by atoms with Crippen molar-refractivity contribution in [1.82, 2.24) is 29.4 Å². The van der Waals surface area contributed by atoms with Gasteiger partial charge in [0.2, 0.25) is 0 Å². The van der Waals surface area contributed by atoms with Crippen LogP contribution in [0, 0.1) is 27.7 Å². The lowest BCUT2D eigenvalue weighted by molar-refractivity contribution is -0.106. The number of aryl methyl sites for hydroxylation is 4. The van der Waals surface area contributed by atoms with Gasteiger partial charge in [-0.05, 0) is 101 Å². The van der Waals surface area contributed by atoms with Gasteiger partial charge in [-0.2, -0.15) is 10.2 Å². The van der Waals surface area contributed by atoms with E-state index in [1.54, 1.807) is 15.4 Å². The molecule has 4 aromatic carbocycles. The van der Waals surface area contributed by atoms with Crippen LogP contribution in [0.2, 0.25) is 10.0 Å². The maximum atomic E-state index is 13.2. The highest BCUT2D eigenvalue weighted by molar-refractivity contribution is 6.42. The van der Waals surface area contributed by atoms with E-state index in [9.17, 15) is 9.59 Å². The average Bonchev–Trinajstić information content (AvgIpc) is 3.85. The minimum atomic E-state index is -0.00163. The van der Waals surface area contributed by atoms with Crippen LogP contribution in [0.4, 0.5) is 11.4 Å². The van der Waals surface area contributed by atoms with E-state index in [0.29, 0.717) is 47.6 Å². The molecule has 2 aliphatic rings. The summed E-state index contributed by atoms with van der Waals surface area (Å²) in [6, 6.07) is 35.5. The van der Waals surface area contributed by atoms with Gasteiger partial charge in [0.05, 0.1) is 32.8 Å². The van der Waals surface area contributed by atoms with E-state index in [-0.39, 0.29) is 11.8 Å². The molecule has 0 saturated carbocycles. The zero-order chi connectivity index (χ0) is 42.1. The van der Waals surface area contributed by atoms with Crippen LogP contribution in [-0.2, 0) is 4.79 Å². The first-order chi connectivity index (χ1) is 28.5. The summed E-state index contributed by atoms with van der Waals surface area (Å²) in [5.74, 6) is 0.0444. The quantitative estimate of drug-likeness (QED) is 0.156. The van der Waals surface area contributed by atoms with Crippen molar-refractivity contribution < 1.29 is 14.4 Å². The number of aromatic nitrogens is 4. The maximum Gasteiger partial charge on any atom is 0.272 e. The zero-order valence-electron chi connectivity index (χ0n) is 34.2. The predicted molar refractivity (Wildman–Crippen MR) is 237 cm³/mol. The van der Waals surface area contributed by atoms with E-state index in [4.69, 9.17) is 28.0 Å². The van der Waals surface area contributed by atoms with Gasteiger partial charge >= 0.3 is 0 Å². The van der Waals surface area contributed by atoms with E-state index in [2.05, 4.69) is 52.0 Å². The van der Waals surface area contributed by atoms with Crippen LogP contribution in [0.5, 0.6) is 0 Å². The normalized spacial score (nSPS) is 13.9. The summed E-state index contributed by atoms with van der Waals surface area (Å²) >= 11 is 12.1. The number of anilines is 2. The Bertz CT molecular complexity index is 2360. The molecule has 2 amide bonds. The van der Waals surface area contributed by atoms with Crippen LogP contribution in [0.1, 0.15) is 50.4 Å². The molecule has 4 heterocycles. The zero-order valence-corrected chi connectivity index (χ0v) is 35.7. The van der Waals surface area contributed by atoms with Crippen LogP contribution in [0.3, 0.4) is 0 Å². The van der Waals surface area contributed by atoms with E-state index >= 15 is 0 Å². The van der Waals surface area contributed by atoms with Crippen molar-refractivity contribution in [2.24, 2.45) is 0 Å². The fraction of sp³-hybridized carbons (Fsp3) is 0.283. The number of piperazine rings is 2. The molecular formula is C46H50Cl2N8O3. The van der Waals surface area contributed by atoms with Crippen LogP contribution in [0.25, 0.3) is 11.4 Å². The third-order valence-corrected chi connectivity index (χ3v) is 10.9. The predicted octanol–water partition coefficient (Wildman–Crippen LogP) is 8.42. The number of hydrogen-bond donors (Lipinski definition) is 0. The molecule has 0 atom stereocenters. The molecule has 0 aliphatic carbocycles. The minimum absolute atomic E-state index is 0.00163. The molecular weight excluding hydrogens is 783 g/mol. The minimum Gasteiger partial charge on any atom is -0.368 e. The summed E-state index contributed by atoms with van der Waals surface area (Å²) in [5, 5.41) is 10.1. The Kier molecular flexibility index (Phi) is 14.2. The molecule has 2 fully saturated rings. The topological polar surface area (TPSA) is 99.8 Å². The van der Waals surface area contributed by atoms with Crippen molar-refractivity contribution in [3.63, 3.8) is 0 Å². The van der Waals surface area contributed by atoms with E-state index in [0.717, 1.165) is 60.9 Å². The van der Waals surface area contributed by atoms with Gasteiger partial charge < -0.3 is 24.4 Å². The van der Waals surface area contributed by atoms with Crippen LogP contribution in [-0.4, -0.2) is 99.8 Å². The Hall–Kier alpha value is -5.91. The fourth-order valence-corrected chi connectivity index (χ4v) is 7.61. The number of aldehydes is 1. The smallest absolute Gasteiger partial charge is 0.272 e. The van der Waals surface area contributed by atoms with Gasteiger partial charge in [-0.3, -0.25) is 9.59 Å². The second kappa shape index (κ2) is 19.7. The van der Waals surface area contributed by atoms with Gasteiger partial charge in [0.25, 0.3) is 11.8 Å². The number of amides is 2. The molecule has 0 unspecified atom stereocenters. The van der Waals surface area contributed by atoms with Crippen molar-refractivity contribution in [2.75, 3.05) is 62.2 Å². The van der Waals surface area contributed by atoms with Gasteiger partial charge in [-0.25, -0.2) is 9.36 Å². The highest BCUT2D eigenvalue weighted by Gasteiger charge is 2.27. The van der Waals surface area contributed by atoms with E-state index < -0.39 is 0 Å². The summed E-state index contributed by atoms with van der Waals surface area (Å²) < 4.78 is 3.48. The number of carbonyl (C=O) groups excluding carboxylic acids is 3. The third kappa shape index (κ3) is 10.4. The second-order valence-corrected chi connectivity index (χ2v) is 15.3. The van der Waals surface area contributed by atoms with Crippen molar-refractivity contribution >= 4 is 52.7 Å². The molecule has 6 aromatic rings. The largest absolute Gasteiger partial charge is 0.368 e. The number of benzene rings is 4. The Labute approximate surface area is 356 Å². The van der Waals surface area contributed by atoms with Gasteiger partial charge in [0.1, 0.15) is 17.7 Å². The highest BCUT2D eigenvalue weighted by Crippen LogP contribution is 2.28. The summed E-state index contributed by atoms with van der Waals surface area (Å²) in [6.07, 6.45) is 0.750. The highest BCUT2D eigenvalue weighted by atomic mass is 35.5. The van der Waals surface area contributed by atoms with Gasteiger partial charge in [-0.15, -0.1) is 0 Å². The lowest BCUT2D eigenvalue weighted by Gasteiger charge is -2.36. The molecule has 13 heteroatoms. The summed E-state index contributed by atoms with van der Waals surface area (Å²) in [6.45, 7) is 15.4. The van der Waals surface area contributed by atoms with Crippen molar-refractivity contribution in [1.29, 1.82) is 0 Å². The number of para-hydroxylation sites is 2. The molecule has 0 radical (unpaired) electrons. The molecule has 0 N–H and O–H groups in total. The summed E-state index contributed by atoms with van der Waals surface area (Å²) in [4.78, 5) is 43.6. The molecule has 2 saturated heterocycles. The molecule has 306 valence electrons. The molecule has 59 heavy (non-hydrogen) atoms. The van der Waals surface area contributed by atoms with E-state index in [1.165, 1.54) is 23.7 Å². The second-order valence-electron chi connectivity index (χ2n) is 14.5. The Balaban J connectivity index is 0.000000186. The Morgan fingerprint density at radius 2 is 1.00 bits per heavy atom. The van der Waals surface area contributed by atoms with Gasteiger partial charge in [0.15, 0.2) is 0 Å². The van der Waals surface area contributed by atoms with Crippen LogP contribution < -0.4 is 9.80 Å². The van der Waals surface area contributed by atoms with Gasteiger partial charge in [0, 0.05) is 63.7 Å². The molecule has 11 nitrogen and oxygen atoms in total. The molecule has 2 aromatic heterocycles. The lowest BCUT2D eigenvalue weighted by atomic mass is 10.1. The van der Waals surface area contributed by atoms with E-state index in [1.807, 2.05) is 109 Å². The number of hydrogen-bond acceptors (Lipinski definition) is 7. The summed E-state index contributed by atoms with van der Waals surface area (Å²) in [5.41, 5.74) is 9.53. The van der Waals surface area contributed by atoms with Crippen LogP contribution >= 0.6 is 23.2 Å².